The van der Waals surface area contributed by atoms with Crippen molar-refractivity contribution in [2.75, 3.05) is 5.32 Å². The van der Waals surface area contributed by atoms with E-state index in [1.165, 1.54) is 18.2 Å². The average molecular weight is 311 g/mol. The fourth-order valence-electron chi connectivity index (χ4n) is 2.30. The molecule has 0 bridgehead atoms. The quantitative estimate of drug-likeness (QED) is 0.808. The second-order valence-electron chi connectivity index (χ2n) is 5.21. The van der Waals surface area contributed by atoms with E-state index in [-0.39, 0.29) is 17.9 Å². The van der Waals surface area contributed by atoms with Crippen molar-refractivity contribution in [3.8, 4) is 0 Å². The van der Waals surface area contributed by atoms with Crippen LogP contribution in [0, 0.1) is 12.7 Å². The van der Waals surface area contributed by atoms with Crippen molar-refractivity contribution in [1.82, 2.24) is 9.78 Å². The molecule has 0 aliphatic rings. The number of anilines is 1. The third-order valence-electron chi connectivity index (χ3n) is 3.50. The summed E-state index contributed by atoms with van der Waals surface area (Å²) in [5.74, 6) is -0.740. The van der Waals surface area contributed by atoms with E-state index in [9.17, 15) is 14.0 Å². The number of aryl methyl sites for hydroxylation is 1. The molecule has 3 rings (SSSR count). The average Bonchev–Trinajstić information content (AvgIpc) is 2.54. The Bertz CT molecular complexity index is 950. The van der Waals surface area contributed by atoms with Crippen LogP contribution < -0.4 is 10.9 Å². The largest absolute Gasteiger partial charge is 0.324 e. The zero-order chi connectivity index (χ0) is 16.4. The van der Waals surface area contributed by atoms with Crippen LogP contribution in [-0.2, 0) is 11.3 Å². The molecular weight excluding hydrogens is 297 g/mol. The van der Waals surface area contributed by atoms with Crippen LogP contribution in [0.3, 0.4) is 0 Å². The summed E-state index contributed by atoms with van der Waals surface area (Å²) in [5.41, 5.74) is 0.583. The molecule has 0 aliphatic heterocycles. The van der Waals surface area contributed by atoms with Gasteiger partial charge in [0.25, 0.3) is 5.56 Å². The van der Waals surface area contributed by atoms with E-state index in [0.717, 1.165) is 10.1 Å². The molecule has 0 fully saturated rings. The highest BCUT2D eigenvalue weighted by atomic mass is 19.1. The van der Waals surface area contributed by atoms with Gasteiger partial charge in [0.1, 0.15) is 12.4 Å². The summed E-state index contributed by atoms with van der Waals surface area (Å²) in [6.07, 6.45) is 1.55. The maximum absolute atomic E-state index is 13.2. The molecule has 1 N–H and O–H groups in total. The number of fused-ring (bicyclic) bond motifs is 1. The number of rotatable bonds is 3. The van der Waals surface area contributed by atoms with Crippen molar-refractivity contribution in [2.45, 2.75) is 13.5 Å². The van der Waals surface area contributed by atoms with Crippen LogP contribution in [0.15, 0.2) is 53.5 Å². The van der Waals surface area contributed by atoms with Crippen LogP contribution in [-0.4, -0.2) is 15.7 Å². The molecule has 0 unspecified atom stereocenters. The summed E-state index contributed by atoms with van der Waals surface area (Å²) in [4.78, 5) is 24.3. The molecule has 0 radical (unpaired) electrons. The molecule has 1 aromatic heterocycles. The molecule has 23 heavy (non-hydrogen) atoms. The van der Waals surface area contributed by atoms with E-state index >= 15 is 0 Å². The van der Waals surface area contributed by atoms with Crippen molar-refractivity contribution < 1.29 is 9.18 Å². The minimum Gasteiger partial charge on any atom is -0.324 e. The topological polar surface area (TPSA) is 64.0 Å². The Balaban J connectivity index is 1.81. The van der Waals surface area contributed by atoms with Crippen molar-refractivity contribution in [1.29, 1.82) is 0 Å². The van der Waals surface area contributed by atoms with Gasteiger partial charge >= 0.3 is 0 Å². The van der Waals surface area contributed by atoms with Crippen LogP contribution in [0.5, 0.6) is 0 Å². The van der Waals surface area contributed by atoms with Gasteiger partial charge in [0, 0.05) is 11.1 Å². The standard InChI is InChI=1S/C17H14FN3O2/c1-11-8-13(6-7-15(11)18)20-16(22)10-21-17(23)14-5-3-2-4-12(14)9-19-21/h2-9H,10H2,1H3,(H,20,22). The smallest absolute Gasteiger partial charge is 0.275 e. The molecular formula is C17H14FN3O2. The Kier molecular flexibility index (Phi) is 3.89. The lowest BCUT2D eigenvalue weighted by atomic mass is 10.2. The molecule has 116 valence electrons. The van der Waals surface area contributed by atoms with Gasteiger partial charge in [-0.1, -0.05) is 18.2 Å². The number of aromatic nitrogens is 2. The molecule has 0 aliphatic carbocycles. The number of nitrogens with zero attached hydrogens (tertiary/aromatic N) is 2. The van der Waals surface area contributed by atoms with Crippen molar-refractivity contribution >= 4 is 22.4 Å². The maximum Gasteiger partial charge on any atom is 0.275 e. The van der Waals surface area contributed by atoms with E-state index in [0.29, 0.717) is 16.6 Å². The zero-order valence-corrected chi connectivity index (χ0v) is 12.4. The molecule has 5 nitrogen and oxygen atoms in total. The highest BCUT2D eigenvalue weighted by Gasteiger charge is 2.09. The van der Waals surface area contributed by atoms with Gasteiger partial charge in [-0.2, -0.15) is 5.10 Å². The summed E-state index contributed by atoms with van der Waals surface area (Å²) in [7, 11) is 0. The molecule has 3 aromatic rings. The molecule has 1 amide bonds. The van der Waals surface area contributed by atoms with Gasteiger partial charge in [-0.15, -0.1) is 0 Å². The second-order valence-corrected chi connectivity index (χ2v) is 5.21. The van der Waals surface area contributed by atoms with E-state index in [1.54, 1.807) is 31.3 Å². The number of nitrogens with one attached hydrogen (secondary N) is 1. The minimum absolute atomic E-state index is 0.208. The number of hydrogen-bond donors (Lipinski definition) is 1. The van der Waals surface area contributed by atoms with E-state index in [1.807, 2.05) is 6.07 Å². The normalized spacial score (nSPS) is 10.7. The Hall–Kier alpha value is -3.02. The summed E-state index contributed by atoms with van der Waals surface area (Å²) in [6.45, 7) is 1.40. The maximum atomic E-state index is 13.2. The summed E-state index contributed by atoms with van der Waals surface area (Å²) in [5, 5.41) is 7.86. The number of hydrogen-bond acceptors (Lipinski definition) is 3. The highest BCUT2D eigenvalue weighted by Crippen LogP contribution is 2.13. The van der Waals surface area contributed by atoms with Gasteiger partial charge in [-0.25, -0.2) is 9.07 Å². The lowest BCUT2D eigenvalue weighted by molar-refractivity contribution is -0.117. The van der Waals surface area contributed by atoms with E-state index in [2.05, 4.69) is 10.4 Å². The summed E-state index contributed by atoms with van der Waals surface area (Å²) >= 11 is 0. The predicted molar refractivity (Wildman–Crippen MR) is 85.8 cm³/mol. The van der Waals surface area contributed by atoms with Crippen LogP contribution in [0.4, 0.5) is 10.1 Å². The Labute approximate surface area is 131 Å². The molecule has 0 saturated carbocycles. The SMILES string of the molecule is Cc1cc(NC(=O)Cn2ncc3ccccc3c2=O)ccc1F. The number of benzene rings is 2. The van der Waals surface area contributed by atoms with Crippen LogP contribution in [0.2, 0.25) is 0 Å². The van der Waals surface area contributed by atoms with E-state index in [4.69, 9.17) is 0 Å². The van der Waals surface area contributed by atoms with Gasteiger partial charge in [0.2, 0.25) is 5.91 Å². The van der Waals surface area contributed by atoms with Gasteiger partial charge in [-0.05, 0) is 36.8 Å². The van der Waals surface area contributed by atoms with Gasteiger partial charge in [-0.3, -0.25) is 9.59 Å². The minimum atomic E-state index is -0.402. The van der Waals surface area contributed by atoms with Crippen LogP contribution >= 0.6 is 0 Å². The second kappa shape index (κ2) is 6.00. The monoisotopic (exact) mass is 311 g/mol. The molecule has 0 atom stereocenters. The first-order valence-electron chi connectivity index (χ1n) is 7.05. The van der Waals surface area contributed by atoms with E-state index < -0.39 is 5.91 Å². The van der Waals surface area contributed by atoms with Crippen molar-refractivity contribution in [3.05, 3.63) is 70.4 Å². The zero-order valence-electron chi connectivity index (χ0n) is 12.4. The Morgan fingerprint density at radius 1 is 1.26 bits per heavy atom. The van der Waals surface area contributed by atoms with Crippen molar-refractivity contribution in [3.63, 3.8) is 0 Å². The first-order chi connectivity index (χ1) is 11.0. The summed E-state index contributed by atoms with van der Waals surface area (Å²) < 4.78 is 14.3. The summed E-state index contributed by atoms with van der Waals surface area (Å²) in [6, 6.07) is 11.3. The predicted octanol–water partition coefficient (Wildman–Crippen LogP) is 2.48. The highest BCUT2D eigenvalue weighted by molar-refractivity contribution is 5.90. The lowest BCUT2D eigenvalue weighted by Crippen LogP contribution is -2.29. The number of carbonyl (C=O) groups is 1. The molecule has 1 heterocycles. The fraction of sp³-hybridized carbons (Fsp3) is 0.118. The number of halogens is 1. The molecule has 6 heteroatoms. The number of carbonyl (C=O) groups excluding carboxylic acids is 1. The molecule has 2 aromatic carbocycles. The van der Waals surface area contributed by atoms with Crippen LogP contribution in [0.25, 0.3) is 10.8 Å². The first kappa shape index (κ1) is 14.9. The Morgan fingerprint density at radius 2 is 2.04 bits per heavy atom. The van der Waals surface area contributed by atoms with Gasteiger partial charge in [0.05, 0.1) is 11.6 Å². The first-order valence-corrected chi connectivity index (χ1v) is 7.05. The molecule has 0 saturated heterocycles. The molecule has 0 spiro atoms. The number of amides is 1. The third kappa shape index (κ3) is 3.11. The third-order valence-corrected chi connectivity index (χ3v) is 3.50. The van der Waals surface area contributed by atoms with Crippen LogP contribution in [0.1, 0.15) is 5.56 Å². The Morgan fingerprint density at radius 3 is 2.83 bits per heavy atom. The van der Waals surface area contributed by atoms with Crippen molar-refractivity contribution in [2.24, 2.45) is 0 Å². The van der Waals surface area contributed by atoms with Gasteiger partial charge < -0.3 is 5.32 Å². The lowest BCUT2D eigenvalue weighted by Gasteiger charge is -2.08. The fourth-order valence-corrected chi connectivity index (χ4v) is 2.30. The van der Waals surface area contributed by atoms with Gasteiger partial charge in [0.15, 0.2) is 0 Å².